The highest BCUT2D eigenvalue weighted by molar-refractivity contribution is 7.66. The molecule has 0 amide bonds. The molecule has 2 aromatic rings. The van der Waals surface area contributed by atoms with E-state index in [-0.39, 0.29) is 14.1 Å². The van der Waals surface area contributed by atoms with E-state index in [0.717, 1.165) is 5.30 Å². The molecule has 0 aromatic heterocycles. The topological polar surface area (TPSA) is 54.0 Å². The third-order valence-electron chi connectivity index (χ3n) is 3.78. The predicted octanol–water partition coefficient (Wildman–Crippen LogP) is 4.97. The van der Waals surface area contributed by atoms with Crippen LogP contribution in [0.4, 0.5) is 0 Å². The van der Waals surface area contributed by atoms with Gasteiger partial charge in [0.15, 0.2) is 5.52 Å². The van der Waals surface area contributed by atoms with Gasteiger partial charge in [-0.1, -0.05) is 29.3 Å². The van der Waals surface area contributed by atoms with Gasteiger partial charge in [0, 0.05) is 24.6 Å². The van der Waals surface area contributed by atoms with Crippen molar-refractivity contribution in [3.05, 3.63) is 52.0 Å². The van der Waals surface area contributed by atoms with E-state index in [1.807, 2.05) is 26.0 Å². The van der Waals surface area contributed by atoms with E-state index in [1.165, 1.54) is 0 Å². The molecule has 5 nitrogen and oxygen atoms in total. The Hall–Kier alpha value is -1.36. The molecular weight excluding hydrogens is 434 g/mol. The van der Waals surface area contributed by atoms with Crippen LogP contribution < -0.4 is 14.8 Å². The van der Waals surface area contributed by atoms with Gasteiger partial charge in [-0.2, -0.15) is 0 Å². The summed E-state index contributed by atoms with van der Waals surface area (Å²) in [6, 6.07) is 10.4. The first-order valence-corrected chi connectivity index (χ1v) is 11.1. The summed E-state index contributed by atoms with van der Waals surface area (Å²) in [5, 5.41) is 1.43. The zero-order chi connectivity index (χ0) is 21.1. The Bertz CT molecular complexity index is 780. The molecule has 0 fully saturated rings. The highest BCUT2D eigenvalue weighted by atomic mass is 35.5. The summed E-state index contributed by atoms with van der Waals surface area (Å²) in [6.07, 6.45) is 0. The molecule has 0 aliphatic heterocycles. The summed E-state index contributed by atoms with van der Waals surface area (Å²) in [6.45, 7) is 6.87. The van der Waals surface area contributed by atoms with Gasteiger partial charge >= 0.3 is 0 Å². The molecule has 0 aliphatic carbocycles. The molecule has 2 aromatic carbocycles. The molecule has 0 radical (unpaired) electrons. The number of hydrogen-bond acceptors (Lipinski definition) is 5. The van der Waals surface area contributed by atoms with Crippen molar-refractivity contribution in [1.82, 2.24) is 0 Å². The van der Waals surface area contributed by atoms with Crippen LogP contribution in [0.3, 0.4) is 0 Å². The second-order valence-corrected chi connectivity index (χ2v) is 7.86. The third kappa shape index (κ3) is 7.76. The Balaban J connectivity index is 2.16. The molecule has 0 N–H and O–H groups in total. The van der Waals surface area contributed by atoms with Crippen molar-refractivity contribution in [2.24, 2.45) is 0 Å². The average Bonchev–Trinajstić information content (AvgIpc) is 2.70. The number of carbonyl (C=O) groups is 1. The molecule has 0 spiro atoms. The monoisotopic (exact) mass is 458 g/mol. The molecule has 8 heteroatoms. The molecule has 0 aliphatic rings. The Kier molecular flexibility index (Phi) is 10.8. The van der Waals surface area contributed by atoms with Crippen LogP contribution in [-0.4, -0.2) is 45.2 Å². The van der Waals surface area contributed by atoms with Gasteiger partial charge in [0.2, 0.25) is 0 Å². The molecule has 1 unspecified atom stereocenters. The fourth-order valence-corrected chi connectivity index (χ4v) is 4.23. The first kappa shape index (κ1) is 23.9. The lowest BCUT2D eigenvalue weighted by atomic mass is 10.2. The molecule has 158 valence electrons. The van der Waals surface area contributed by atoms with Crippen molar-refractivity contribution in [3.63, 3.8) is 0 Å². The van der Waals surface area contributed by atoms with Crippen molar-refractivity contribution in [2.45, 2.75) is 13.8 Å². The summed E-state index contributed by atoms with van der Waals surface area (Å²) in [7, 11) is -0.196. The van der Waals surface area contributed by atoms with Crippen LogP contribution in [0.15, 0.2) is 36.4 Å². The normalized spacial score (nSPS) is 11.2. The highest BCUT2D eigenvalue weighted by Gasteiger charge is 2.18. The van der Waals surface area contributed by atoms with Crippen LogP contribution >= 0.6 is 31.8 Å². The minimum absolute atomic E-state index is 0.153. The lowest BCUT2D eigenvalue weighted by molar-refractivity contribution is 0.107. The molecule has 29 heavy (non-hydrogen) atoms. The van der Waals surface area contributed by atoms with Crippen LogP contribution in [0, 0.1) is 0 Å². The number of rotatable bonds is 13. The van der Waals surface area contributed by atoms with Gasteiger partial charge in [-0.25, -0.2) is 0 Å². The SMILES string of the molecule is CCOCCOc1ccc(PC(=O)c2c(Cl)cccc2Cl)c(OCCOCC)c1. The summed E-state index contributed by atoms with van der Waals surface area (Å²) in [4.78, 5) is 12.8. The lowest BCUT2D eigenvalue weighted by Gasteiger charge is -2.14. The Morgan fingerprint density at radius 1 is 0.897 bits per heavy atom. The van der Waals surface area contributed by atoms with Crippen molar-refractivity contribution >= 4 is 42.6 Å². The largest absolute Gasteiger partial charge is 0.491 e. The Morgan fingerprint density at radius 2 is 1.52 bits per heavy atom. The maximum absolute atomic E-state index is 12.8. The van der Waals surface area contributed by atoms with Crippen LogP contribution in [0.1, 0.15) is 24.2 Å². The maximum Gasteiger partial charge on any atom is 0.188 e. The lowest BCUT2D eigenvalue weighted by Crippen LogP contribution is -2.13. The van der Waals surface area contributed by atoms with Crippen LogP contribution in [0.2, 0.25) is 10.0 Å². The van der Waals surface area contributed by atoms with Gasteiger partial charge in [-0.3, -0.25) is 4.79 Å². The second kappa shape index (κ2) is 13.0. The van der Waals surface area contributed by atoms with E-state index in [9.17, 15) is 4.79 Å². The average molecular weight is 459 g/mol. The van der Waals surface area contributed by atoms with Gasteiger partial charge < -0.3 is 18.9 Å². The third-order valence-corrected chi connectivity index (χ3v) is 5.57. The van der Waals surface area contributed by atoms with E-state index in [2.05, 4.69) is 0 Å². The quantitative estimate of drug-likeness (QED) is 0.313. The number of hydrogen-bond donors (Lipinski definition) is 0. The Labute approximate surface area is 183 Å². The second-order valence-electron chi connectivity index (χ2n) is 5.80. The van der Waals surface area contributed by atoms with Gasteiger partial charge in [-0.15, -0.1) is 0 Å². The van der Waals surface area contributed by atoms with E-state index in [0.29, 0.717) is 66.7 Å². The number of carbonyl (C=O) groups excluding carboxylic acids is 1. The maximum atomic E-state index is 12.8. The minimum atomic E-state index is -0.196. The summed E-state index contributed by atoms with van der Waals surface area (Å²) in [5.41, 5.74) is 0.173. The first-order chi connectivity index (χ1) is 14.1. The fraction of sp³-hybridized carbons (Fsp3) is 0.381. The zero-order valence-corrected chi connectivity index (χ0v) is 19.0. The molecule has 0 saturated carbocycles. The van der Waals surface area contributed by atoms with Gasteiger partial charge in [0.25, 0.3) is 0 Å². The highest BCUT2D eigenvalue weighted by Crippen LogP contribution is 2.33. The first-order valence-electron chi connectivity index (χ1n) is 9.37. The van der Waals surface area contributed by atoms with Crippen molar-refractivity contribution < 1.29 is 23.7 Å². The number of benzene rings is 2. The van der Waals surface area contributed by atoms with E-state index < -0.39 is 0 Å². The molecule has 0 heterocycles. The summed E-state index contributed by atoms with van der Waals surface area (Å²) >= 11 is 12.4. The van der Waals surface area contributed by atoms with E-state index in [4.69, 9.17) is 42.1 Å². The minimum Gasteiger partial charge on any atom is -0.491 e. The molecule has 0 saturated heterocycles. The Morgan fingerprint density at radius 3 is 2.14 bits per heavy atom. The summed E-state index contributed by atoms with van der Waals surface area (Å²) < 4.78 is 22.2. The van der Waals surface area contributed by atoms with Crippen LogP contribution in [-0.2, 0) is 9.47 Å². The summed E-state index contributed by atoms with van der Waals surface area (Å²) in [5.74, 6) is 1.22. The van der Waals surface area contributed by atoms with Crippen LogP contribution in [0.5, 0.6) is 11.5 Å². The number of ether oxygens (including phenoxy) is 4. The predicted molar refractivity (Wildman–Crippen MR) is 119 cm³/mol. The fourth-order valence-electron chi connectivity index (χ4n) is 2.43. The smallest absolute Gasteiger partial charge is 0.188 e. The van der Waals surface area contributed by atoms with E-state index in [1.54, 1.807) is 24.3 Å². The standard InChI is InChI=1S/C21H25Cl2O5P/c1-3-25-10-12-27-15-8-9-19(18(14-15)28-13-11-26-4-2)29-21(24)20-16(22)6-5-7-17(20)23/h5-9,14,29H,3-4,10-13H2,1-2H3. The van der Waals surface area contributed by atoms with Gasteiger partial charge in [0.05, 0.1) is 28.8 Å². The molecule has 0 bridgehead atoms. The number of halogens is 2. The molecule has 2 rings (SSSR count). The van der Waals surface area contributed by atoms with Gasteiger partial charge in [0.1, 0.15) is 24.7 Å². The van der Waals surface area contributed by atoms with Crippen LogP contribution in [0.25, 0.3) is 0 Å². The van der Waals surface area contributed by atoms with Crippen molar-refractivity contribution in [2.75, 3.05) is 39.6 Å². The zero-order valence-electron chi connectivity index (χ0n) is 16.5. The van der Waals surface area contributed by atoms with Crippen molar-refractivity contribution in [3.8, 4) is 11.5 Å². The molecule has 1 atom stereocenters. The molecular formula is C21H25Cl2O5P. The van der Waals surface area contributed by atoms with Gasteiger partial charge in [-0.05, 0) is 46.7 Å². The van der Waals surface area contributed by atoms with Crippen molar-refractivity contribution in [1.29, 1.82) is 0 Å². The van der Waals surface area contributed by atoms with E-state index >= 15 is 0 Å².